The molecule has 4 N–H and O–H groups in total. The van der Waals surface area contributed by atoms with Crippen molar-refractivity contribution in [1.29, 1.82) is 0 Å². The lowest BCUT2D eigenvalue weighted by Gasteiger charge is -2.22. The fourth-order valence-corrected chi connectivity index (χ4v) is 2.92. The maximum absolute atomic E-state index is 13.4. The molecular weight excluding hydrogens is 414 g/mol. The second-order valence-electron chi connectivity index (χ2n) is 7.58. The standard InChI is InChI=1S/C22H28F3NO2.H3OP/c1-16-5-3-6-17(13-16)7-4-12-28-20-9-8-18(10-11-21(2,26)15-27)14-19(20)22(23,24)25;1-2/h3,5-6,8-9,13-14,27H,4,7,10-12,15,26H2,1-2H3;1H,2H2. The highest BCUT2D eigenvalue weighted by molar-refractivity contribution is 7.08. The normalized spacial score (nSPS) is 13.2. The first-order valence-electron chi connectivity index (χ1n) is 9.65. The Morgan fingerprint density at radius 1 is 1.03 bits per heavy atom. The van der Waals surface area contributed by atoms with Crippen LogP contribution in [-0.2, 0) is 19.0 Å². The van der Waals surface area contributed by atoms with Gasteiger partial charge in [0.15, 0.2) is 0 Å². The second-order valence-corrected chi connectivity index (χ2v) is 7.58. The van der Waals surface area contributed by atoms with Crippen LogP contribution in [0.2, 0.25) is 0 Å². The first-order valence-corrected chi connectivity index (χ1v) is 10.2. The molecule has 2 aromatic rings. The van der Waals surface area contributed by atoms with Crippen molar-refractivity contribution >= 4 is 9.47 Å². The Kier molecular flexibility index (Phi) is 10.8. The molecule has 0 aliphatic rings. The largest absolute Gasteiger partial charge is 0.493 e. The van der Waals surface area contributed by atoms with Crippen molar-refractivity contribution in [2.24, 2.45) is 5.73 Å². The molecule has 0 saturated heterocycles. The summed E-state index contributed by atoms with van der Waals surface area (Å²) < 4.78 is 45.8. The molecule has 0 aromatic heterocycles. The molecule has 2 atom stereocenters. The molecule has 0 heterocycles. The van der Waals surface area contributed by atoms with E-state index >= 15 is 0 Å². The van der Waals surface area contributed by atoms with E-state index < -0.39 is 17.3 Å². The van der Waals surface area contributed by atoms with Crippen molar-refractivity contribution in [2.45, 2.75) is 51.2 Å². The summed E-state index contributed by atoms with van der Waals surface area (Å²) in [4.78, 5) is 6.92. The predicted octanol–water partition coefficient (Wildman–Crippen LogP) is 4.44. The molecule has 0 amide bonds. The molecular formula is C22H31F3NO3P. The van der Waals surface area contributed by atoms with Gasteiger partial charge in [0.2, 0.25) is 0 Å². The summed E-state index contributed by atoms with van der Waals surface area (Å²) in [6.07, 6.45) is -2.38. The number of aliphatic hydroxyl groups is 1. The molecule has 8 heteroatoms. The van der Waals surface area contributed by atoms with Gasteiger partial charge in [-0.3, -0.25) is 0 Å². The summed E-state index contributed by atoms with van der Waals surface area (Å²) in [7, 11) is 1.42. The highest BCUT2D eigenvalue weighted by Gasteiger charge is 2.34. The Hall–Kier alpha value is -1.66. The third-order valence-electron chi connectivity index (χ3n) is 4.65. The maximum atomic E-state index is 13.4. The highest BCUT2D eigenvalue weighted by atomic mass is 31.0. The van der Waals surface area contributed by atoms with Crippen LogP contribution < -0.4 is 10.5 Å². The molecule has 0 fully saturated rings. The molecule has 2 rings (SSSR count). The van der Waals surface area contributed by atoms with Gasteiger partial charge in [-0.25, -0.2) is 0 Å². The van der Waals surface area contributed by atoms with Crippen LogP contribution in [0, 0.1) is 6.92 Å². The second kappa shape index (κ2) is 12.3. The van der Waals surface area contributed by atoms with Gasteiger partial charge < -0.3 is 20.5 Å². The molecule has 2 unspecified atom stereocenters. The van der Waals surface area contributed by atoms with Crippen molar-refractivity contribution in [2.75, 3.05) is 13.2 Å². The molecule has 0 bridgehead atoms. The summed E-state index contributed by atoms with van der Waals surface area (Å²) in [5.74, 6) is -0.154. The summed E-state index contributed by atoms with van der Waals surface area (Å²) in [6.45, 7) is 3.66. The van der Waals surface area contributed by atoms with E-state index in [9.17, 15) is 18.3 Å². The monoisotopic (exact) mass is 445 g/mol. The molecule has 0 aliphatic heterocycles. The quantitative estimate of drug-likeness (QED) is 0.394. The summed E-state index contributed by atoms with van der Waals surface area (Å²) in [5.41, 5.74) is 7.08. The van der Waals surface area contributed by atoms with E-state index in [4.69, 9.17) is 15.4 Å². The molecule has 168 valence electrons. The van der Waals surface area contributed by atoms with Crippen LogP contribution >= 0.6 is 9.47 Å². The number of benzene rings is 2. The van der Waals surface area contributed by atoms with E-state index in [2.05, 4.69) is 6.07 Å². The average molecular weight is 445 g/mol. The van der Waals surface area contributed by atoms with E-state index in [1.54, 1.807) is 13.0 Å². The maximum Gasteiger partial charge on any atom is 0.419 e. The minimum Gasteiger partial charge on any atom is -0.493 e. The zero-order chi connectivity index (χ0) is 22.8. The number of aliphatic hydroxyl groups excluding tert-OH is 1. The van der Waals surface area contributed by atoms with Gasteiger partial charge >= 0.3 is 6.18 Å². The number of hydrogen-bond donors (Lipinski definition) is 3. The zero-order valence-corrected chi connectivity index (χ0v) is 18.5. The number of nitrogens with two attached hydrogens (primary N) is 1. The lowest BCUT2D eigenvalue weighted by atomic mass is 9.94. The average Bonchev–Trinajstić information content (AvgIpc) is 2.71. The number of rotatable bonds is 9. The van der Waals surface area contributed by atoms with Crippen molar-refractivity contribution in [1.82, 2.24) is 0 Å². The lowest BCUT2D eigenvalue weighted by molar-refractivity contribution is -0.139. The molecule has 0 spiro atoms. The van der Waals surface area contributed by atoms with Crippen molar-refractivity contribution in [3.8, 4) is 5.75 Å². The van der Waals surface area contributed by atoms with Gasteiger partial charge in [0, 0.05) is 5.54 Å². The van der Waals surface area contributed by atoms with E-state index in [0.29, 0.717) is 24.8 Å². The summed E-state index contributed by atoms with van der Waals surface area (Å²) in [5, 5.41) is 9.19. The fourth-order valence-electron chi connectivity index (χ4n) is 2.92. The third kappa shape index (κ3) is 9.00. The molecule has 0 radical (unpaired) electrons. The number of halogens is 3. The first-order chi connectivity index (χ1) is 14.1. The van der Waals surface area contributed by atoms with Gasteiger partial charge in [-0.05, 0) is 72.3 Å². The van der Waals surface area contributed by atoms with Gasteiger partial charge in [0.05, 0.1) is 18.8 Å². The molecule has 2 aromatic carbocycles. The van der Waals surface area contributed by atoms with E-state index in [1.165, 1.54) is 15.5 Å². The number of ether oxygens (including phenoxy) is 1. The minimum atomic E-state index is -4.50. The van der Waals surface area contributed by atoms with Crippen molar-refractivity contribution in [3.63, 3.8) is 0 Å². The van der Waals surface area contributed by atoms with E-state index in [-0.39, 0.29) is 19.0 Å². The predicted molar refractivity (Wildman–Crippen MR) is 116 cm³/mol. The van der Waals surface area contributed by atoms with Gasteiger partial charge in [-0.1, -0.05) is 35.9 Å². The Bertz CT molecular complexity index is 782. The Labute approximate surface area is 178 Å². The lowest BCUT2D eigenvalue weighted by Crippen LogP contribution is -2.40. The van der Waals surface area contributed by atoms with Crippen LogP contribution in [0.15, 0.2) is 42.5 Å². The summed E-state index contributed by atoms with van der Waals surface area (Å²) in [6, 6.07) is 12.1. The van der Waals surface area contributed by atoms with Crippen LogP contribution in [0.3, 0.4) is 0 Å². The first kappa shape index (κ1) is 26.4. The summed E-state index contributed by atoms with van der Waals surface area (Å²) >= 11 is 0. The van der Waals surface area contributed by atoms with Gasteiger partial charge in [0.25, 0.3) is 0 Å². The molecule has 0 aliphatic carbocycles. The van der Waals surface area contributed by atoms with Crippen LogP contribution in [0.25, 0.3) is 0 Å². The highest BCUT2D eigenvalue weighted by Crippen LogP contribution is 2.37. The fraction of sp³-hybridized carbons (Fsp3) is 0.455. The topological polar surface area (TPSA) is 75.7 Å². The number of alkyl halides is 3. The minimum absolute atomic E-state index is 0.154. The Balaban J connectivity index is 0.00000218. The Morgan fingerprint density at radius 2 is 1.70 bits per heavy atom. The molecule has 0 saturated carbocycles. The van der Waals surface area contributed by atoms with E-state index in [0.717, 1.165) is 23.6 Å². The van der Waals surface area contributed by atoms with Crippen LogP contribution in [0.1, 0.15) is 42.0 Å². The van der Waals surface area contributed by atoms with E-state index in [1.807, 2.05) is 25.1 Å². The third-order valence-corrected chi connectivity index (χ3v) is 4.65. The smallest absolute Gasteiger partial charge is 0.419 e. The van der Waals surface area contributed by atoms with Crippen molar-refractivity contribution < 1.29 is 27.9 Å². The van der Waals surface area contributed by atoms with Crippen LogP contribution in [0.4, 0.5) is 13.2 Å². The molecule has 30 heavy (non-hydrogen) atoms. The van der Waals surface area contributed by atoms with Crippen LogP contribution in [0.5, 0.6) is 5.75 Å². The SMILES string of the molecule is Cc1cccc(CCCOc2ccc(CCC(C)(N)CO)cc2C(F)(F)F)c1.OP. The molecule has 4 nitrogen and oxygen atoms in total. The van der Waals surface area contributed by atoms with Crippen molar-refractivity contribution in [3.05, 3.63) is 64.7 Å². The Morgan fingerprint density at radius 3 is 2.30 bits per heavy atom. The number of aryl methyl sites for hydroxylation is 3. The zero-order valence-electron chi connectivity index (χ0n) is 17.4. The van der Waals surface area contributed by atoms with Crippen LogP contribution in [-0.4, -0.2) is 28.8 Å². The van der Waals surface area contributed by atoms with Gasteiger partial charge in [0.1, 0.15) is 5.75 Å². The number of hydrogen-bond acceptors (Lipinski definition) is 4. The van der Waals surface area contributed by atoms with Gasteiger partial charge in [-0.15, -0.1) is 0 Å². The van der Waals surface area contributed by atoms with Gasteiger partial charge in [-0.2, -0.15) is 13.2 Å².